The van der Waals surface area contributed by atoms with Gasteiger partial charge in [0.05, 0.1) is 5.54 Å². The Morgan fingerprint density at radius 2 is 1.71 bits per heavy atom. The Morgan fingerprint density at radius 1 is 1.18 bits per heavy atom. The van der Waals surface area contributed by atoms with Crippen LogP contribution < -0.4 is 4.72 Å². The van der Waals surface area contributed by atoms with Crippen molar-refractivity contribution < 1.29 is 18.8 Å². The summed E-state index contributed by atoms with van der Waals surface area (Å²) in [6.45, 7) is 22.4. The summed E-state index contributed by atoms with van der Waals surface area (Å²) in [5, 5.41) is 10.1. The van der Waals surface area contributed by atoms with E-state index in [1.165, 1.54) is 17.0 Å². The van der Waals surface area contributed by atoms with Crippen molar-refractivity contribution in [3.63, 3.8) is 0 Å². The van der Waals surface area contributed by atoms with Crippen LogP contribution in [0.3, 0.4) is 0 Å². The third kappa shape index (κ3) is 8.58. The SMILES string of the molecule is C=CC[C@](CCN(C(=O)O)[C@@H](C)C(C)(C)CC(C)(C)C)(N[S@+]([O-])C(C)(C)C)c1ccc(F)cc1. The molecule has 0 bridgehead atoms. The molecular formula is C27H45FN2O3S. The molecule has 7 heteroatoms. The molecule has 0 unspecified atom stereocenters. The summed E-state index contributed by atoms with van der Waals surface area (Å²) in [5.41, 5.74) is -0.323. The van der Waals surface area contributed by atoms with Crippen molar-refractivity contribution in [3.8, 4) is 0 Å². The number of nitrogens with one attached hydrogen (secondary N) is 1. The number of rotatable bonds is 11. The molecule has 2 N–H and O–H groups in total. The Morgan fingerprint density at radius 3 is 2.12 bits per heavy atom. The fourth-order valence-electron chi connectivity index (χ4n) is 4.56. The average molecular weight is 497 g/mol. The van der Waals surface area contributed by atoms with Gasteiger partial charge in [0.2, 0.25) is 0 Å². The molecule has 0 fully saturated rings. The highest BCUT2D eigenvalue weighted by atomic mass is 32.2. The number of carbonyl (C=O) groups is 1. The molecule has 1 aromatic rings. The van der Waals surface area contributed by atoms with Gasteiger partial charge in [0.1, 0.15) is 10.6 Å². The number of carboxylic acid groups (broad SMARTS) is 1. The molecule has 1 aromatic carbocycles. The highest BCUT2D eigenvalue weighted by Crippen LogP contribution is 2.39. The first-order valence-electron chi connectivity index (χ1n) is 11.9. The van der Waals surface area contributed by atoms with Crippen molar-refractivity contribution in [1.82, 2.24) is 9.62 Å². The Hall–Kier alpha value is -1.57. The van der Waals surface area contributed by atoms with Crippen LogP contribution in [0.2, 0.25) is 0 Å². The summed E-state index contributed by atoms with van der Waals surface area (Å²) in [6.07, 6.45) is 2.36. The van der Waals surface area contributed by atoms with Crippen LogP contribution in [-0.4, -0.2) is 38.0 Å². The van der Waals surface area contributed by atoms with Crippen LogP contribution in [0.5, 0.6) is 0 Å². The molecule has 5 nitrogen and oxygen atoms in total. The van der Waals surface area contributed by atoms with Gasteiger partial charge in [-0.15, -0.1) is 11.3 Å². The number of halogens is 1. The van der Waals surface area contributed by atoms with Crippen LogP contribution in [0.4, 0.5) is 9.18 Å². The van der Waals surface area contributed by atoms with E-state index in [9.17, 15) is 18.8 Å². The van der Waals surface area contributed by atoms with Crippen LogP contribution in [0.1, 0.15) is 87.1 Å². The van der Waals surface area contributed by atoms with Crippen molar-refractivity contribution in [2.75, 3.05) is 6.54 Å². The molecule has 1 rings (SSSR count). The molecule has 0 radical (unpaired) electrons. The lowest BCUT2D eigenvalue weighted by Crippen LogP contribution is -2.54. The van der Waals surface area contributed by atoms with E-state index in [0.29, 0.717) is 12.8 Å². The van der Waals surface area contributed by atoms with Gasteiger partial charge < -0.3 is 14.6 Å². The molecule has 0 saturated heterocycles. The van der Waals surface area contributed by atoms with Gasteiger partial charge in [-0.25, -0.2) is 9.18 Å². The van der Waals surface area contributed by atoms with E-state index in [0.717, 1.165) is 12.0 Å². The van der Waals surface area contributed by atoms with Crippen LogP contribution in [-0.2, 0) is 16.9 Å². The predicted octanol–water partition coefficient (Wildman–Crippen LogP) is 6.87. The molecule has 0 heterocycles. The van der Waals surface area contributed by atoms with Gasteiger partial charge in [0, 0.05) is 23.9 Å². The zero-order valence-corrected chi connectivity index (χ0v) is 23.3. The number of hydrogen-bond acceptors (Lipinski definition) is 3. The molecule has 0 aliphatic rings. The van der Waals surface area contributed by atoms with Crippen LogP contribution in [0.25, 0.3) is 0 Å². The topological polar surface area (TPSA) is 75.6 Å². The van der Waals surface area contributed by atoms with Gasteiger partial charge >= 0.3 is 6.09 Å². The van der Waals surface area contributed by atoms with Crippen molar-refractivity contribution in [1.29, 1.82) is 0 Å². The minimum absolute atomic E-state index is 0.0494. The van der Waals surface area contributed by atoms with Gasteiger partial charge in [-0.05, 0) is 75.5 Å². The minimum atomic E-state index is -1.44. The van der Waals surface area contributed by atoms with Crippen LogP contribution in [0.15, 0.2) is 36.9 Å². The molecule has 0 saturated carbocycles. The lowest BCUT2D eigenvalue weighted by Gasteiger charge is -2.44. The summed E-state index contributed by atoms with van der Waals surface area (Å²) in [7, 11) is 0. The summed E-state index contributed by atoms with van der Waals surface area (Å²) in [4.78, 5) is 13.8. The molecular weight excluding hydrogens is 451 g/mol. The third-order valence-electron chi connectivity index (χ3n) is 6.34. The van der Waals surface area contributed by atoms with Crippen molar-refractivity contribution in [2.24, 2.45) is 10.8 Å². The highest BCUT2D eigenvalue weighted by molar-refractivity contribution is 7.90. The summed E-state index contributed by atoms with van der Waals surface area (Å²) < 4.78 is 29.6. The Labute approximate surface area is 209 Å². The zero-order valence-electron chi connectivity index (χ0n) is 22.5. The van der Waals surface area contributed by atoms with Gasteiger partial charge in [-0.3, -0.25) is 0 Å². The van der Waals surface area contributed by atoms with E-state index < -0.39 is 27.7 Å². The van der Waals surface area contributed by atoms with E-state index in [1.54, 1.807) is 18.2 Å². The second-order valence-corrected chi connectivity index (χ2v) is 14.2. The van der Waals surface area contributed by atoms with Crippen molar-refractivity contribution in [3.05, 3.63) is 48.3 Å². The standard InChI is InChI=1S/C27H45FN2O3S/c1-11-16-27(29-34(33)25(6,7)8,21-12-14-22(28)15-13-21)17-18-30(23(31)32)20(2)26(9,10)19-24(3,4)5/h11-15,20,29H,1,16-19H2,2-10H3,(H,31,32)/t20-,27+,34+/m0/s1. The van der Waals surface area contributed by atoms with Gasteiger partial charge in [-0.2, -0.15) is 0 Å². The maximum atomic E-state index is 13.7. The second-order valence-electron chi connectivity index (χ2n) is 12.2. The smallest absolute Gasteiger partial charge is 0.407 e. The fraction of sp³-hybridized carbons (Fsp3) is 0.667. The Balaban J connectivity index is 3.39. The summed E-state index contributed by atoms with van der Waals surface area (Å²) in [5.74, 6) is -0.363. The Bertz CT molecular complexity index is 815. The number of amides is 1. The van der Waals surface area contributed by atoms with E-state index in [-0.39, 0.29) is 29.2 Å². The number of hydrogen-bond donors (Lipinski definition) is 2. The number of nitrogens with zero attached hydrogens (tertiary/aromatic N) is 1. The molecule has 0 aliphatic carbocycles. The van der Waals surface area contributed by atoms with E-state index in [4.69, 9.17) is 0 Å². The largest absolute Gasteiger partial charge is 0.598 e. The zero-order chi connectivity index (χ0) is 26.5. The first kappa shape index (κ1) is 30.5. The average Bonchev–Trinajstić information content (AvgIpc) is 2.65. The maximum Gasteiger partial charge on any atom is 0.407 e. The molecule has 0 spiro atoms. The lowest BCUT2D eigenvalue weighted by molar-refractivity contribution is 0.0560. The van der Waals surface area contributed by atoms with Crippen LogP contribution in [0, 0.1) is 16.6 Å². The van der Waals surface area contributed by atoms with Gasteiger partial charge in [0.15, 0.2) is 0 Å². The summed E-state index contributed by atoms with van der Waals surface area (Å²) >= 11 is -1.44. The van der Waals surface area contributed by atoms with E-state index >= 15 is 0 Å². The lowest BCUT2D eigenvalue weighted by atomic mass is 9.72. The van der Waals surface area contributed by atoms with Crippen molar-refractivity contribution >= 4 is 17.5 Å². The van der Waals surface area contributed by atoms with E-state index in [2.05, 4.69) is 45.9 Å². The minimum Gasteiger partial charge on any atom is -0.598 e. The second kappa shape index (κ2) is 11.4. The highest BCUT2D eigenvalue weighted by Gasteiger charge is 2.42. The Kier molecular flexibility index (Phi) is 10.3. The molecule has 0 aromatic heterocycles. The maximum absolute atomic E-state index is 13.7. The third-order valence-corrected chi connectivity index (χ3v) is 8.03. The molecule has 194 valence electrons. The molecule has 3 atom stereocenters. The first-order valence-corrected chi connectivity index (χ1v) is 13.1. The van der Waals surface area contributed by atoms with E-state index in [1.807, 2.05) is 27.7 Å². The van der Waals surface area contributed by atoms with Gasteiger partial charge in [0.25, 0.3) is 0 Å². The fourth-order valence-corrected chi connectivity index (χ4v) is 5.53. The number of benzene rings is 1. The first-order chi connectivity index (χ1) is 15.3. The molecule has 0 aliphatic heterocycles. The summed E-state index contributed by atoms with van der Waals surface area (Å²) in [6, 6.07) is 5.85. The van der Waals surface area contributed by atoms with Gasteiger partial charge in [-0.1, -0.05) is 52.8 Å². The predicted molar refractivity (Wildman–Crippen MR) is 141 cm³/mol. The van der Waals surface area contributed by atoms with Crippen LogP contribution >= 0.6 is 0 Å². The quantitative estimate of drug-likeness (QED) is 0.259. The molecule has 1 amide bonds. The monoisotopic (exact) mass is 496 g/mol. The van der Waals surface area contributed by atoms with Crippen molar-refractivity contribution in [2.45, 2.75) is 97.9 Å². The normalized spacial score (nSPS) is 16.4. The molecule has 34 heavy (non-hydrogen) atoms.